The predicted octanol–water partition coefficient (Wildman–Crippen LogP) is -0.266. The second kappa shape index (κ2) is 4.67. The van der Waals surface area contributed by atoms with Gasteiger partial charge in [0.15, 0.2) is 0 Å². The minimum atomic E-state index is -3.60. The molecule has 0 aliphatic carbocycles. The van der Waals surface area contributed by atoms with Crippen molar-refractivity contribution in [1.29, 1.82) is 0 Å². The third-order valence-corrected chi connectivity index (χ3v) is 3.89. The van der Waals surface area contributed by atoms with Crippen LogP contribution in [0.25, 0.3) is 0 Å². The minimum Gasteiger partial charge on any atom is -0.315 e. The Balaban J connectivity index is 2.24. The van der Waals surface area contributed by atoms with Gasteiger partial charge in [-0.1, -0.05) is 0 Å². The summed E-state index contributed by atoms with van der Waals surface area (Å²) in [6.45, 7) is 5.00. The molecule has 1 aromatic heterocycles. The Morgan fingerprint density at radius 1 is 1.35 bits per heavy atom. The quantitative estimate of drug-likeness (QED) is 0.728. The van der Waals surface area contributed by atoms with E-state index in [9.17, 15) is 8.42 Å². The van der Waals surface area contributed by atoms with Crippen LogP contribution in [0.3, 0.4) is 0 Å². The van der Waals surface area contributed by atoms with Crippen LogP contribution < -0.4 is 10.0 Å². The molecule has 2 N–H and O–H groups in total. The van der Waals surface area contributed by atoms with Gasteiger partial charge in [-0.2, -0.15) is 0 Å². The molecule has 7 heteroatoms. The molecule has 1 saturated heterocycles. The first-order valence-corrected chi connectivity index (χ1v) is 7.01. The van der Waals surface area contributed by atoms with Gasteiger partial charge < -0.3 is 5.32 Å². The summed E-state index contributed by atoms with van der Waals surface area (Å²) in [5.41, 5.74) is 1.31. The summed E-state index contributed by atoms with van der Waals surface area (Å²) in [4.78, 5) is 7.93. The summed E-state index contributed by atoms with van der Waals surface area (Å²) in [5.74, 6) is 0. The van der Waals surface area contributed by atoms with E-state index in [1.54, 1.807) is 19.9 Å². The van der Waals surface area contributed by atoms with Crippen LogP contribution in [0.1, 0.15) is 17.8 Å². The zero-order valence-electron chi connectivity index (χ0n) is 9.90. The van der Waals surface area contributed by atoms with Crippen molar-refractivity contribution in [2.75, 3.05) is 13.1 Å². The van der Waals surface area contributed by atoms with Gasteiger partial charge in [-0.3, -0.25) is 0 Å². The van der Waals surface area contributed by atoms with E-state index in [1.165, 1.54) is 0 Å². The smallest absolute Gasteiger partial charge is 0.276 e. The number of nitrogens with zero attached hydrogens (tertiary/aromatic N) is 2. The number of hydrogen-bond acceptors (Lipinski definition) is 5. The summed E-state index contributed by atoms with van der Waals surface area (Å²) in [7, 11) is -3.60. The third kappa shape index (κ3) is 2.99. The molecule has 6 nitrogen and oxygen atoms in total. The van der Waals surface area contributed by atoms with E-state index < -0.39 is 10.0 Å². The SMILES string of the molecule is Cc1cc(C)nc(S(=O)(=O)N[C@@H]2CCNC2)n1. The van der Waals surface area contributed by atoms with Crippen molar-refractivity contribution in [2.45, 2.75) is 31.5 Å². The Labute approximate surface area is 101 Å². The summed E-state index contributed by atoms with van der Waals surface area (Å²) < 4.78 is 26.7. The summed E-state index contributed by atoms with van der Waals surface area (Å²) in [6.07, 6.45) is 0.796. The monoisotopic (exact) mass is 256 g/mol. The largest absolute Gasteiger partial charge is 0.315 e. The molecule has 1 aromatic rings. The van der Waals surface area contributed by atoms with Crippen LogP contribution in [0.5, 0.6) is 0 Å². The van der Waals surface area contributed by atoms with Crippen LogP contribution in [0.4, 0.5) is 0 Å². The number of aromatic nitrogens is 2. The molecule has 0 saturated carbocycles. The molecular formula is C10H16N4O2S. The first-order valence-electron chi connectivity index (χ1n) is 5.53. The van der Waals surface area contributed by atoms with Crippen molar-refractivity contribution in [3.05, 3.63) is 17.5 Å². The van der Waals surface area contributed by atoms with Gasteiger partial charge >= 0.3 is 0 Å². The van der Waals surface area contributed by atoms with E-state index in [1.807, 2.05) is 0 Å². The fourth-order valence-corrected chi connectivity index (χ4v) is 3.11. The van der Waals surface area contributed by atoms with Crippen LogP contribution in [-0.2, 0) is 10.0 Å². The number of sulfonamides is 1. The van der Waals surface area contributed by atoms with Gasteiger partial charge in [0.25, 0.3) is 15.2 Å². The van der Waals surface area contributed by atoms with Gasteiger partial charge in [0.1, 0.15) is 0 Å². The predicted molar refractivity (Wildman–Crippen MR) is 63.1 cm³/mol. The highest BCUT2D eigenvalue weighted by Crippen LogP contribution is 2.08. The zero-order chi connectivity index (χ0) is 12.5. The molecule has 0 aromatic carbocycles. The van der Waals surface area contributed by atoms with E-state index in [0.717, 1.165) is 13.0 Å². The minimum absolute atomic E-state index is 0.0654. The van der Waals surface area contributed by atoms with Crippen molar-refractivity contribution in [1.82, 2.24) is 20.0 Å². The van der Waals surface area contributed by atoms with E-state index in [-0.39, 0.29) is 11.2 Å². The number of aryl methyl sites for hydroxylation is 2. The van der Waals surface area contributed by atoms with Crippen LogP contribution in [0.15, 0.2) is 11.2 Å². The molecule has 2 heterocycles. The number of hydrogen-bond donors (Lipinski definition) is 2. The van der Waals surface area contributed by atoms with E-state index >= 15 is 0 Å². The molecule has 94 valence electrons. The van der Waals surface area contributed by atoms with Crippen molar-refractivity contribution in [2.24, 2.45) is 0 Å². The maximum Gasteiger partial charge on any atom is 0.276 e. The van der Waals surface area contributed by atoms with Gasteiger partial charge in [0, 0.05) is 24.0 Å². The fraction of sp³-hybridized carbons (Fsp3) is 0.600. The lowest BCUT2D eigenvalue weighted by molar-refractivity contribution is 0.550. The van der Waals surface area contributed by atoms with Crippen molar-refractivity contribution >= 4 is 10.0 Å². The summed E-state index contributed by atoms with van der Waals surface area (Å²) in [6, 6.07) is 1.68. The standard InChI is InChI=1S/C10H16N4O2S/c1-7-5-8(2)13-10(12-7)17(15,16)14-9-3-4-11-6-9/h5,9,11,14H,3-4,6H2,1-2H3/t9-/m1/s1. The first kappa shape index (κ1) is 12.4. The van der Waals surface area contributed by atoms with Crippen LogP contribution in [0, 0.1) is 13.8 Å². The average Bonchev–Trinajstić information content (AvgIpc) is 2.68. The van der Waals surface area contributed by atoms with Crippen molar-refractivity contribution in [3.63, 3.8) is 0 Å². The first-order chi connectivity index (χ1) is 7.97. The van der Waals surface area contributed by atoms with Gasteiger partial charge in [-0.25, -0.2) is 23.1 Å². The van der Waals surface area contributed by atoms with Gasteiger partial charge in [-0.05, 0) is 32.9 Å². The van der Waals surface area contributed by atoms with E-state index in [0.29, 0.717) is 17.9 Å². The molecule has 17 heavy (non-hydrogen) atoms. The Morgan fingerprint density at radius 2 is 2.00 bits per heavy atom. The van der Waals surface area contributed by atoms with Crippen LogP contribution in [-0.4, -0.2) is 37.5 Å². The molecule has 2 rings (SSSR count). The zero-order valence-corrected chi connectivity index (χ0v) is 10.7. The molecular weight excluding hydrogens is 240 g/mol. The Bertz CT molecular complexity index is 489. The molecule has 0 spiro atoms. The van der Waals surface area contributed by atoms with E-state index in [2.05, 4.69) is 20.0 Å². The Morgan fingerprint density at radius 3 is 2.53 bits per heavy atom. The molecule has 0 radical (unpaired) electrons. The Kier molecular flexibility index (Phi) is 3.41. The average molecular weight is 256 g/mol. The molecule has 0 amide bonds. The fourth-order valence-electron chi connectivity index (χ4n) is 1.84. The van der Waals surface area contributed by atoms with Crippen LogP contribution in [0.2, 0.25) is 0 Å². The molecule has 1 atom stereocenters. The molecule has 1 aliphatic rings. The normalized spacial score (nSPS) is 20.7. The van der Waals surface area contributed by atoms with Gasteiger partial charge in [0.2, 0.25) is 0 Å². The lowest BCUT2D eigenvalue weighted by Crippen LogP contribution is -2.37. The highest BCUT2D eigenvalue weighted by atomic mass is 32.2. The lowest BCUT2D eigenvalue weighted by atomic mass is 10.3. The van der Waals surface area contributed by atoms with Gasteiger partial charge in [0.05, 0.1) is 0 Å². The summed E-state index contributed by atoms with van der Waals surface area (Å²) >= 11 is 0. The highest BCUT2D eigenvalue weighted by Gasteiger charge is 2.25. The second-order valence-corrected chi connectivity index (χ2v) is 5.85. The molecule has 0 unspecified atom stereocenters. The molecule has 1 aliphatic heterocycles. The van der Waals surface area contributed by atoms with E-state index in [4.69, 9.17) is 0 Å². The molecule has 1 fully saturated rings. The van der Waals surface area contributed by atoms with Crippen molar-refractivity contribution < 1.29 is 8.42 Å². The second-order valence-electron chi connectivity index (χ2n) is 4.24. The summed E-state index contributed by atoms with van der Waals surface area (Å²) in [5, 5.41) is 2.96. The maximum absolute atomic E-state index is 12.0. The van der Waals surface area contributed by atoms with Gasteiger partial charge in [-0.15, -0.1) is 0 Å². The number of rotatable bonds is 3. The molecule has 0 bridgehead atoms. The number of nitrogens with one attached hydrogen (secondary N) is 2. The topological polar surface area (TPSA) is 84.0 Å². The Hall–Kier alpha value is -1.05. The highest BCUT2D eigenvalue weighted by molar-refractivity contribution is 7.89. The maximum atomic E-state index is 12.0. The van der Waals surface area contributed by atoms with Crippen molar-refractivity contribution in [3.8, 4) is 0 Å². The van der Waals surface area contributed by atoms with Crippen LogP contribution >= 0.6 is 0 Å². The third-order valence-electron chi connectivity index (χ3n) is 2.58. The lowest BCUT2D eigenvalue weighted by Gasteiger charge is -2.11.